The number of para-hydroxylation sites is 1. The highest BCUT2D eigenvalue weighted by molar-refractivity contribution is 5.68. The Hall–Kier alpha value is -3.18. The number of nitrogens with zero attached hydrogens (tertiary/aromatic N) is 3. The number of hydrogen-bond acceptors (Lipinski definition) is 5. The first-order valence-corrected chi connectivity index (χ1v) is 6.99. The number of nitriles is 2. The van der Waals surface area contributed by atoms with Gasteiger partial charge < -0.3 is 14.4 Å². The van der Waals surface area contributed by atoms with E-state index in [0.29, 0.717) is 34.9 Å². The lowest BCUT2D eigenvalue weighted by Crippen LogP contribution is -2.19. The van der Waals surface area contributed by atoms with Crippen molar-refractivity contribution in [2.45, 2.75) is 6.54 Å². The van der Waals surface area contributed by atoms with Gasteiger partial charge in [0.2, 0.25) is 0 Å². The van der Waals surface area contributed by atoms with Crippen LogP contribution in [0.2, 0.25) is 0 Å². The van der Waals surface area contributed by atoms with E-state index in [9.17, 15) is 10.5 Å². The van der Waals surface area contributed by atoms with Crippen LogP contribution in [0, 0.1) is 22.7 Å². The summed E-state index contributed by atoms with van der Waals surface area (Å²) in [7, 11) is 5.05. The number of methoxy groups -OCH3 is 2. The third-order valence-electron chi connectivity index (χ3n) is 3.56. The molecule has 0 saturated carbocycles. The van der Waals surface area contributed by atoms with Crippen LogP contribution in [0.15, 0.2) is 36.4 Å². The van der Waals surface area contributed by atoms with E-state index in [1.54, 1.807) is 32.4 Å². The summed E-state index contributed by atoms with van der Waals surface area (Å²) in [6.07, 6.45) is 0. The Bertz CT molecular complexity index is 756. The zero-order valence-electron chi connectivity index (χ0n) is 13.3. The molecule has 2 rings (SSSR count). The van der Waals surface area contributed by atoms with Gasteiger partial charge in [0.05, 0.1) is 31.0 Å². The summed E-state index contributed by atoms with van der Waals surface area (Å²) < 4.78 is 10.6. The zero-order chi connectivity index (χ0) is 16.8. The summed E-state index contributed by atoms with van der Waals surface area (Å²) >= 11 is 0. The average Bonchev–Trinajstić information content (AvgIpc) is 2.60. The molecule has 0 aliphatic carbocycles. The topological polar surface area (TPSA) is 69.3 Å². The van der Waals surface area contributed by atoms with Crippen LogP contribution in [0.5, 0.6) is 11.5 Å². The number of benzene rings is 2. The Labute approximate surface area is 135 Å². The minimum absolute atomic E-state index is 0.471. The molecular formula is C18H17N3O2. The minimum atomic E-state index is 0.471. The van der Waals surface area contributed by atoms with Crippen molar-refractivity contribution in [1.29, 1.82) is 10.5 Å². The smallest absolute Gasteiger partial charge is 0.127 e. The van der Waals surface area contributed by atoms with Crippen LogP contribution in [0.4, 0.5) is 5.69 Å². The van der Waals surface area contributed by atoms with Gasteiger partial charge >= 0.3 is 0 Å². The molecule has 0 unspecified atom stereocenters. The third kappa shape index (κ3) is 3.36. The van der Waals surface area contributed by atoms with Gasteiger partial charge in [0.15, 0.2) is 0 Å². The molecule has 0 heterocycles. The molecular weight excluding hydrogens is 290 g/mol. The number of ether oxygens (including phenoxy) is 2. The minimum Gasteiger partial charge on any atom is -0.497 e. The van der Waals surface area contributed by atoms with Gasteiger partial charge in [0.1, 0.15) is 23.6 Å². The highest BCUT2D eigenvalue weighted by atomic mass is 16.5. The first-order valence-electron chi connectivity index (χ1n) is 6.99. The molecule has 0 atom stereocenters. The molecule has 0 aliphatic heterocycles. The second-order valence-corrected chi connectivity index (χ2v) is 4.96. The summed E-state index contributed by atoms with van der Waals surface area (Å²) in [6.45, 7) is 0.501. The quantitative estimate of drug-likeness (QED) is 0.849. The average molecular weight is 307 g/mol. The fourth-order valence-corrected chi connectivity index (χ4v) is 2.45. The van der Waals surface area contributed by atoms with E-state index >= 15 is 0 Å². The van der Waals surface area contributed by atoms with Gasteiger partial charge in [0.25, 0.3) is 0 Å². The van der Waals surface area contributed by atoms with E-state index in [1.165, 1.54) is 0 Å². The highest BCUT2D eigenvalue weighted by Gasteiger charge is 2.15. The molecule has 0 aliphatic rings. The van der Waals surface area contributed by atoms with Gasteiger partial charge in [-0.1, -0.05) is 6.07 Å². The summed E-state index contributed by atoms with van der Waals surface area (Å²) in [4.78, 5) is 1.88. The van der Waals surface area contributed by atoms with Crippen molar-refractivity contribution in [3.8, 4) is 23.6 Å². The molecule has 0 amide bonds. The zero-order valence-corrected chi connectivity index (χ0v) is 13.3. The lowest BCUT2D eigenvalue weighted by Gasteiger charge is -2.23. The van der Waals surface area contributed by atoms with Crippen molar-refractivity contribution < 1.29 is 9.47 Å². The molecule has 5 nitrogen and oxygen atoms in total. The van der Waals surface area contributed by atoms with Crippen LogP contribution in [0.3, 0.4) is 0 Å². The van der Waals surface area contributed by atoms with Crippen LogP contribution >= 0.6 is 0 Å². The Balaban J connectivity index is 2.39. The van der Waals surface area contributed by atoms with Crippen molar-refractivity contribution in [2.75, 3.05) is 26.2 Å². The molecule has 0 spiro atoms. The van der Waals surface area contributed by atoms with Gasteiger partial charge in [-0.2, -0.15) is 10.5 Å². The van der Waals surface area contributed by atoms with Crippen molar-refractivity contribution >= 4 is 5.69 Å². The maximum atomic E-state index is 9.30. The molecule has 116 valence electrons. The van der Waals surface area contributed by atoms with E-state index in [1.807, 2.05) is 30.1 Å². The van der Waals surface area contributed by atoms with Crippen molar-refractivity contribution in [2.24, 2.45) is 0 Å². The predicted octanol–water partition coefficient (Wildman–Crippen LogP) is 3.08. The van der Waals surface area contributed by atoms with Crippen LogP contribution in [-0.2, 0) is 6.54 Å². The fraction of sp³-hybridized carbons (Fsp3) is 0.222. The van der Waals surface area contributed by atoms with E-state index in [4.69, 9.17) is 9.47 Å². The molecule has 0 fully saturated rings. The molecule has 23 heavy (non-hydrogen) atoms. The molecule has 5 heteroatoms. The van der Waals surface area contributed by atoms with Gasteiger partial charge in [-0.25, -0.2) is 0 Å². The maximum absolute atomic E-state index is 9.30. The van der Waals surface area contributed by atoms with E-state index in [0.717, 1.165) is 5.56 Å². The molecule has 2 aromatic rings. The van der Waals surface area contributed by atoms with Crippen LogP contribution < -0.4 is 14.4 Å². The lowest BCUT2D eigenvalue weighted by atomic mass is 10.1. The Morgan fingerprint density at radius 2 is 1.65 bits per heavy atom. The fourth-order valence-electron chi connectivity index (χ4n) is 2.45. The van der Waals surface area contributed by atoms with Crippen LogP contribution in [0.1, 0.15) is 16.7 Å². The first kappa shape index (κ1) is 16.2. The van der Waals surface area contributed by atoms with E-state index in [2.05, 4.69) is 12.1 Å². The van der Waals surface area contributed by atoms with Gasteiger partial charge in [-0.05, 0) is 24.3 Å². The number of anilines is 1. The maximum Gasteiger partial charge on any atom is 0.127 e. The first-order chi connectivity index (χ1) is 11.1. The van der Waals surface area contributed by atoms with Crippen molar-refractivity contribution in [3.63, 3.8) is 0 Å². The molecule has 0 N–H and O–H groups in total. The van der Waals surface area contributed by atoms with E-state index in [-0.39, 0.29) is 0 Å². The molecule has 0 aromatic heterocycles. The van der Waals surface area contributed by atoms with Crippen molar-refractivity contribution in [1.82, 2.24) is 0 Å². The lowest BCUT2D eigenvalue weighted by molar-refractivity contribution is 0.391. The predicted molar refractivity (Wildman–Crippen MR) is 87.5 cm³/mol. The summed E-state index contributed by atoms with van der Waals surface area (Å²) in [5.74, 6) is 1.41. The van der Waals surface area contributed by atoms with Crippen LogP contribution in [0.25, 0.3) is 0 Å². The number of rotatable bonds is 5. The Morgan fingerprint density at radius 3 is 2.17 bits per heavy atom. The van der Waals surface area contributed by atoms with Crippen LogP contribution in [-0.4, -0.2) is 21.3 Å². The Morgan fingerprint density at radius 1 is 1.00 bits per heavy atom. The largest absolute Gasteiger partial charge is 0.497 e. The van der Waals surface area contributed by atoms with Gasteiger partial charge in [0, 0.05) is 25.2 Å². The second kappa shape index (κ2) is 7.20. The van der Waals surface area contributed by atoms with Gasteiger partial charge in [-0.15, -0.1) is 0 Å². The molecule has 0 bridgehead atoms. The standard InChI is InChI=1S/C18H17N3O2/c1-21(18-13(10-19)5-4-6-14(18)11-20)12-15-7-8-16(22-2)9-17(15)23-3/h4-9H,12H2,1-3H3. The third-order valence-corrected chi connectivity index (χ3v) is 3.56. The SMILES string of the molecule is COc1ccc(CN(C)c2c(C#N)cccc2C#N)c(OC)c1. The molecule has 2 aromatic carbocycles. The molecule has 0 radical (unpaired) electrons. The van der Waals surface area contributed by atoms with Gasteiger partial charge in [-0.3, -0.25) is 0 Å². The summed E-state index contributed by atoms with van der Waals surface area (Å²) in [5, 5.41) is 18.6. The van der Waals surface area contributed by atoms with Crippen molar-refractivity contribution in [3.05, 3.63) is 53.1 Å². The Kier molecular flexibility index (Phi) is 5.07. The summed E-state index contributed by atoms with van der Waals surface area (Å²) in [6, 6.07) is 15.0. The molecule has 0 saturated heterocycles. The second-order valence-electron chi connectivity index (χ2n) is 4.96. The van der Waals surface area contributed by atoms with E-state index < -0.39 is 0 Å². The normalized spacial score (nSPS) is 9.61. The summed E-state index contributed by atoms with van der Waals surface area (Å²) in [5.41, 5.74) is 2.50. The highest BCUT2D eigenvalue weighted by Crippen LogP contribution is 2.29. The monoisotopic (exact) mass is 307 g/mol. The number of hydrogen-bond donors (Lipinski definition) is 0.